The van der Waals surface area contributed by atoms with E-state index in [1.807, 2.05) is 6.92 Å². The van der Waals surface area contributed by atoms with Crippen LogP contribution < -0.4 is 0 Å². The van der Waals surface area contributed by atoms with Gasteiger partial charge < -0.3 is 9.47 Å². The van der Waals surface area contributed by atoms with Gasteiger partial charge in [0.05, 0.1) is 13.2 Å². The molecule has 0 amide bonds. The lowest BCUT2D eigenvalue weighted by molar-refractivity contribution is 0.0640. The maximum atomic E-state index is 5.73. The van der Waals surface area contributed by atoms with Gasteiger partial charge in [0, 0.05) is 17.9 Å². The van der Waals surface area contributed by atoms with E-state index in [1.165, 1.54) is 0 Å². The highest BCUT2D eigenvalue weighted by atomic mass is 79.9. The minimum atomic E-state index is 0.195. The third kappa shape index (κ3) is 3.49. The summed E-state index contributed by atoms with van der Waals surface area (Å²) in [6, 6.07) is 0. The Morgan fingerprint density at radius 2 is 2.44 bits per heavy atom. The van der Waals surface area contributed by atoms with Crippen LogP contribution in [0.5, 0.6) is 0 Å². The van der Waals surface area contributed by atoms with E-state index in [1.54, 1.807) is 13.2 Å². The molecule has 0 saturated carbocycles. The molecule has 2 nitrogen and oxygen atoms in total. The summed E-state index contributed by atoms with van der Waals surface area (Å²) in [5, 5.41) is 0. The quantitative estimate of drug-likeness (QED) is 0.581. The first-order valence-corrected chi connectivity index (χ1v) is 6.46. The summed E-state index contributed by atoms with van der Waals surface area (Å²) in [5.74, 6) is 0.836. The summed E-state index contributed by atoms with van der Waals surface area (Å²) in [7, 11) is 1.67. The number of hydrogen-bond donors (Lipinski definition) is 0. The largest absolute Gasteiger partial charge is 0.496 e. The van der Waals surface area contributed by atoms with Gasteiger partial charge in [0.1, 0.15) is 5.76 Å². The van der Waals surface area contributed by atoms with Crippen LogP contribution in [-0.4, -0.2) is 24.6 Å². The molecular formula is C13H19BrO2. The van der Waals surface area contributed by atoms with Gasteiger partial charge in [0.2, 0.25) is 0 Å². The second kappa shape index (κ2) is 6.92. The zero-order valence-electron chi connectivity index (χ0n) is 9.91. The molecule has 0 N–H and O–H groups in total. The standard InChI is InChI=1S/C13H19BrO2/c1-4-12(15-3)10-7-6-8-11(14)13(9-10)16-5-2/h4,6-7,11,13H,1,5,8-9H2,2-3H3/b12-10+/t11-,13?/m1/s1. The number of ether oxygens (including phenoxy) is 2. The Kier molecular flexibility index (Phi) is 5.85. The Morgan fingerprint density at radius 1 is 1.69 bits per heavy atom. The van der Waals surface area contributed by atoms with E-state index in [9.17, 15) is 0 Å². The number of alkyl halides is 1. The molecule has 0 radical (unpaired) electrons. The van der Waals surface area contributed by atoms with Crippen molar-refractivity contribution < 1.29 is 9.47 Å². The average molecular weight is 287 g/mol. The molecule has 3 heteroatoms. The van der Waals surface area contributed by atoms with E-state index in [0.717, 1.165) is 30.8 Å². The highest BCUT2D eigenvalue weighted by molar-refractivity contribution is 9.09. The van der Waals surface area contributed by atoms with Gasteiger partial charge in [-0.2, -0.15) is 0 Å². The van der Waals surface area contributed by atoms with Crippen molar-refractivity contribution >= 4 is 15.9 Å². The summed E-state index contributed by atoms with van der Waals surface area (Å²) in [4.78, 5) is 0.365. The van der Waals surface area contributed by atoms with Gasteiger partial charge >= 0.3 is 0 Å². The molecule has 0 aromatic heterocycles. The summed E-state index contributed by atoms with van der Waals surface area (Å²) < 4.78 is 11.0. The maximum absolute atomic E-state index is 5.73. The van der Waals surface area contributed by atoms with Crippen molar-refractivity contribution in [1.82, 2.24) is 0 Å². The third-order valence-electron chi connectivity index (χ3n) is 2.61. The highest BCUT2D eigenvalue weighted by Gasteiger charge is 2.22. The normalized spacial score (nSPS) is 28.4. The van der Waals surface area contributed by atoms with E-state index in [2.05, 4.69) is 34.7 Å². The molecule has 2 atom stereocenters. The van der Waals surface area contributed by atoms with Crippen molar-refractivity contribution in [2.75, 3.05) is 13.7 Å². The number of hydrogen-bond acceptors (Lipinski definition) is 2. The number of rotatable bonds is 4. The van der Waals surface area contributed by atoms with Crippen LogP contribution in [-0.2, 0) is 9.47 Å². The highest BCUT2D eigenvalue weighted by Crippen LogP contribution is 2.27. The molecule has 1 aliphatic rings. The van der Waals surface area contributed by atoms with Crippen LogP contribution >= 0.6 is 15.9 Å². The fourth-order valence-electron chi connectivity index (χ4n) is 1.81. The monoisotopic (exact) mass is 286 g/mol. The molecule has 0 aromatic carbocycles. The first-order chi connectivity index (χ1) is 7.72. The molecule has 1 unspecified atom stereocenters. The molecule has 0 aliphatic heterocycles. The molecule has 0 bridgehead atoms. The summed E-state index contributed by atoms with van der Waals surface area (Å²) in [6.45, 7) is 6.51. The molecular weight excluding hydrogens is 268 g/mol. The van der Waals surface area contributed by atoms with Crippen molar-refractivity contribution in [1.29, 1.82) is 0 Å². The molecule has 0 spiro atoms. The van der Waals surface area contributed by atoms with Crippen LogP contribution in [0.4, 0.5) is 0 Å². The average Bonchev–Trinajstić information content (AvgIpc) is 2.45. The Bertz CT molecular complexity index is 294. The van der Waals surface area contributed by atoms with E-state index in [-0.39, 0.29) is 6.10 Å². The van der Waals surface area contributed by atoms with Gasteiger partial charge in [-0.05, 0) is 25.0 Å². The summed E-state index contributed by atoms with van der Waals surface area (Å²) in [6.07, 6.45) is 8.03. The van der Waals surface area contributed by atoms with Crippen molar-refractivity contribution in [2.24, 2.45) is 0 Å². The van der Waals surface area contributed by atoms with Gasteiger partial charge in [-0.1, -0.05) is 34.7 Å². The maximum Gasteiger partial charge on any atom is 0.121 e. The zero-order valence-corrected chi connectivity index (χ0v) is 11.5. The third-order valence-corrected chi connectivity index (χ3v) is 3.57. The first-order valence-electron chi connectivity index (χ1n) is 5.54. The Labute approximate surface area is 106 Å². The smallest absolute Gasteiger partial charge is 0.121 e. The van der Waals surface area contributed by atoms with Crippen molar-refractivity contribution in [3.05, 3.63) is 36.1 Å². The number of allylic oxidation sites excluding steroid dienone is 3. The van der Waals surface area contributed by atoms with Crippen LogP contribution in [0.15, 0.2) is 36.1 Å². The SMILES string of the molecule is C=C/C(OC)=C1/C=CC[C@@H](Br)C(OCC)C1. The molecule has 1 aliphatic carbocycles. The molecule has 16 heavy (non-hydrogen) atoms. The Hall–Kier alpha value is -0.540. The summed E-state index contributed by atoms with van der Waals surface area (Å²) >= 11 is 3.66. The van der Waals surface area contributed by atoms with Crippen LogP contribution in [0.1, 0.15) is 19.8 Å². The lowest BCUT2D eigenvalue weighted by Gasteiger charge is -2.20. The van der Waals surface area contributed by atoms with E-state index in [0.29, 0.717) is 4.83 Å². The predicted molar refractivity (Wildman–Crippen MR) is 70.7 cm³/mol. The molecule has 90 valence electrons. The molecule has 0 aromatic rings. The van der Waals surface area contributed by atoms with Gasteiger partial charge in [-0.3, -0.25) is 0 Å². The summed E-state index contributed by atoms with van der Waals surface area (Å²) in [5.41, 5.74) is 1.15. The van der Waals surface area contributed by atoms with Crippen LogP contribution in [0.25, 0.3) is 0 Å². The van der Waals surface area contributed by atoms with E-state index in [4.69, 9.17) is 9.47 Å². The minimum absolute atomic E-state index is 0.195. The fraction of sp³-hybridized carbons (Fsp3) is 0.538. The van der Waals surface area contributed by atoms with E-state index >= 15 is 0 Å². The Morgan fingerprint density at radius 3 is 3.00 bits per heavy atom. The molecule has 0 fully saturated rings. The van der Waals surface area contributed by atoms with Crippen LogP contribution in [0.3, 0.4) is 0 Å². The van der Waals surface area contributed by atoms with Crippen LogP contribution in [0.2, 0.25) is 0 Å². The lowest BCUT2D eigenvalue weighted by atomic mass is 10.1. The lowest BCUT2D eigenvalue weighted by Crippen LogP contribution is -2.23. The Balaban J connectivity index is 2.88. The second-order valence-corrected chi connectivity index (χ2v) is 4.83. The molecule has 0 saturated heterocycles. The topological polar surface area (TPSA) is 18.5 Å². The van der Waals surface area contributed by atoms with Crippen molar-refractivity contribution in [3.63, 3.8) is 0 Å². The van der Waals surface area contributed by atoms with Crippen LogP contribution in [0, 0.1) is 0 Å². The first kappa shape index (κ1) is 13.5. The minimum Gasteiger partial charge on any atom is -0.496 e. The zero-order chi connectivity index (χ0) is 12.0. The number of methoxy groups -OCH3 is 1. The van der Waals surface area contributed by atoms with Crippen molar-refractivity contribution in [3.8, 4) is 0 Å². The molecule has 0 heterocycles. The second-order valence-electron chi connectivity index (χ2n) is 3.65. The van der Waals surface area contributed by atoms with E-state index < -0.39 is 0 Å². The van der Waals surface area contributed by atoms with Gasteiger partial charge in [0.25, 0.3) is 0 Å². The van der Waals surface area contributed by atoms with Gasteiger partial charge in [0.15, 0.2) is 0 Å². The fourth-order valence-corrected chi connectivity index (χ4v) is 2.37. The molecule has 1 rings (SSSR count). The van der Waals surface area contributed by atoms with Gasteiger partial charge in [-0.25, -0.2) is 0 Å². The van der Waals surface area contributed by atoms with Gasteiger partial charge in [-0.15, -0.1) is 0 Å². The van der Waals surface area contributed by atoms with Crippen molar-refractivity contribution in [2.45, 2.75) is 30.7 Å². The predicted octanol–water partition coefficient (Wildman–Crippen LogP) is 3.59. The number of halogens is 1.